The summed E-state index contributed by atoms with van der Waals surface area (Å²) in [5, 5.41) is 13.5. The topological polar surface area (TPSA) is 75.9 Å². The fourth-order valence-corrected chi connectivity index (χ4v) is 2.67. The molecule has 0 aliphatic carbocycles. The number of nitrogens with one attached hydrogen (secondary N) is 1. The molecule has 0 amide bonds. The summed E-state index contributed by atoms with van der Waals surface area (Å²) in [7, 11) is 0. The summed E-state index contributed by atoms with van der Waals surface area (Å²) in [6, 6.07) is 3.91. The van der Waals surface area contributed by atoms with Gasteiger partial charge < -0.3 is 15.0 Å². The van der Waals surface area contributed by atoms with Gasteiger partial charge in [-0.2, -0.15) is 0 Å². The van der Waals surface area contributed by atoms with Crippen LogP contribution in [0, 0.1) is 20.8 Å². The number of hydrogen-bond acceptors (Lipinski definition) is 5. The number of nitrogens with zero attached hydrogens (tertiary/aromatic N) is 4. The zero-order valence-electron chi connectivity index (χ0n) is 13.0. The maximum atomic E-state index is 9.26. The Bertz CT molecular complexity index is 825. The van der Waals surface area contributed by atoms with E-state index in [1.165, 1.54) is 6.33 Å². The molecule has 3 aromatic heterocycles. The molecule has 0 aliphatic heterocycles. The Kier molecular flexibility index (Phi) is 3.77. The standard InChI is InChI=1S/C16H19N5O/c1-10-5-4-6-17-14(10)20-15-13-11(2)12(3)21(7-8-22)16(13)19-9-18-15/h4-6,9,22H,7-8H2,1-3H3,(H,17,18,19,20). The molecule has 114 valence electrons. The van der Waals surface area contributed by atoms with Crippen LogP contribution in [0.25, 0.3) is 11.0 Å². The van der Waals surface area contributed by atoms with Crippen LogP contribution in [-0.4, -0.2) is 31.2 Å². The van der Waals surface area contributed by atoms with Crippen LogP contribution in [0.4, 0.5) is 11.6 Å². The van der Waals surface area contributed by atoms with Gasteiger partial charge in [0, 0.05) is 18.4 Å². The van der Waals surface area contributed by atoms with E-state index in [1.807, 2.05) is 37.5 Å². The van der Waals surface area contributed by atoms with E-state index in [2.05, 4.69) is 20.3 Å². The Balaban J connectivity index is 2.15. The average molecular weight is 297 g/mol. The van der Waals surface area contributed by atoms with Gasteiger partial charge in [0.05, 0.1) is 12.0 Å². The summed E-state index contributed by atoms with van der Waals surface area (Å²) in [4.78, 5) is 13.1. The SMILES string of the molecule is Cc1cccnc1Nc1ncnc2c1c(C)c(C)n2CCO. The lowest BCUT2D eigenvalue weighted by atomic mass is 10.2. The lowest BCUT2D eigenvalue weighted by Gasteiger charge is -2.09. The van der Waals surface area contributed by atoms with Crippen molar-refractivity contribution in [2.45, 2.75) is 27.3 Å². The third-order valence-electron chi connectivity index (χ3n) is 3.98. The maximum absolute atomic E-state index is 9.26. The van der Waals surface area contributed by atoms with Crippen molar-refractivity contribution >= 4 is 22.7 Å². The average Bonchev–Trinajstić information content (AvgIpc) is 2.76. The predicted molar refractivity (Wildman–Crippen MR) is 86.3 cm³/mol. The summed E-state index contributed by atoms with van der Waals surface area (Å²) in [6.07, 6.45) is 3.29. The molecule has 0 spiro atoms. The van der Waals surface area contributed by atoms with Gasteiger partial charge in [0.25, 0.3) is 0 Å². The molecule has 22 heavy (non-hydrogen) atoms. The summed E-state index contributed by atoms with van der Waals surface area (Å²) < 4.78 is 2.02. The minimum Gasteiger partial charge on any atom is -0.395 e. The number of aromatic nitrogens is 4. The second-order valence-corrected chi connectivity index (χ2v) is 5.30. The monoisotopic (exact) mass is 297 g/mol. The molecule has 0 radical (unpaired) electrons. The molecular formula is C16H19N5O. The van der Waals surface area contributed by atoms with E-state index < -0.39 is 0 Å². The molecule has 0 fully saturated rings. The number of anilines is 2. The fraction of sp³-hybridized carbons (Fsp3) is 0.312. The van der Waals surface area contributed by atoms with E-state index in [9.17, 15) is 5.11 Å². The Morgan fingerprint density at radius 3 is 2.68 bits per heavy atom. The zero-order chi connectivity index (χ0) is 15.7. The van der Waals surface area contributed by atoms with Gasteiger partial charge in [-0.25, -0.2) is 15.0 Å². The van der Waals surface area contributed by atoms with Gasteiger partial charge >= 0.3 is 0 Å². The highest BCUT2D eigenvalue weighted by Crippen LogP contribution is 2.30. The van der Waals surface area contributed by atoms with E-state index in [-0.39, 0.29) is 6.61 Å². The van der Waals surface area contributed by atoms with Crippen LogP contribution in [0.1, 0.15) is 16.8 Å². The van der Waals surface area contributed by atoms with E-state index in [0.29, 0.717) is 6.54 Å². The smallest absolute Gasteiger partial charge is 0.146 e. The number of pyridine rings is 1. The fourth-order valence-electron chi connectivity index (χ4n) is 2.67. The lowest BCUT2D eigenvalue weighted by molar-refractivity contribution is 0.276. The molecule has 3 rings (SSSR count). The second-order valence-electron chi connectivity index (χ2n) is 5.30. The Labute approximate surface area is 128 Å². The van der Waals surface area contributed by atoms with Crippen molar-refractivity contribution < 1.29 is 5.11 Å². The van der Waals surface area contributed by atoms with Crippen LogP contribution in [0.2, 0.25) is 0 Å². The van der Waals surface area contributed by atoms with Crippen LogP contribution in [0.15, 0.2) is 24.7 Å². The van der Waals surface area contributed by atoms with Crippen molar-refractivity contribution in [3.05, 3.63) is 41.5 Å². The van der Waals surface area contributed by atoms with Gasteiger partial charge in [-0.1, -0.05) is 6.07 Å². The first kappa shape index (κ1) is 14.5. The first-order valence-electron chi connectivity index (χ1n) is 7.23. The molecule has 0 saturated carbocycles. The number of rotatable bonds is 4. The number of aliphatic hydroxyl groups excluding tert-OH is 1. The largest absolute Gasteiger partial charge is 0.395 e. The van der Waals surface area contributed by atoms with Gasteiger partial charge in [0.15, 0.2) is 0 Å². The highest BCUT2D eigenvalue weighted by atomic mass is 16.3. The number of aryl methyl sites for hydroxylation is 2. The summed E-state index contributed by atoms with van der Waals surface area (Å²) in [5.41, 5.74) is 4.08. The minimum absolute atomic E-state index is 0.0795. The normalized spacial score (nSPS) is 11.1. The Hall–Kier alpha value is -2.47. The Morgan fingerprint density at radius 1 is 1.14 bits per heavy atom. The van der Waals surface area contributed by atoms with Crippen molar-refractivity contribution in [3.63, 3.8) is 0 Å². The number of hydrogen-bond donors (Lipinski definition) is 2. The van der Waals surface area contributed by atoms with Gasteiger partial charge in [-0.3, -0.25) is 0 Å². The number of aliphatic hydroxyl groups is 1. The minimum atomic E-state index is 0.0795. The van der Waals surface area contributed by atoms with Crippen molar-refractivity contribution in [1.29, 1.82) is 0 Å². The molecule has 6 nitrogen and oxygen atoms in total. The molecule has 0 bridgehead atoms. The highest BCUT2D eigenvalue weighted by Gasteiger charge is 2.16. The zero-order valence-corrected chi connectivity index (χ0v) is 13.0. The maximum Gasteiger partial charge on any atom is 0.146 e. The van der Waals surface area contributed by atoms with E-state index in [0.717, 1.165) is 39.5 Å². The van der Waals surface area contributed by atoms with Crippen molar-refractivity contribution in [2.75, 3.05) is 11.9 Å². The van der Waals surface area contributed by atoms with Crippen LogP contribution < -0.4 is 5.32 Å². The van der Waals surface area contributed by atoms with Crippen molar-refractivity contribution in [1.82, 2.24) is 19.5 Å². The molecule has 3 heterocycles. The molecule has 0 aromatic carbocycles. The van der Waals surface area contributed by atoms with Crippen LogP contribution in [0.3, 0.4) is 0 Å². The molecule has 0 atom stereocenters. The third-order valence-corrected chi connectivity index (χ3v) is 3.98. The van der Waals surface area contributed by atoms with Crippen LogP contribution >= 0.6 is 0 Å². The molecule has 0 saturated heterocycles. The summed E-state index contributed by atoms with van der Waals surface area (Å²) in [6.45, 7) is 6.68. The van der Waals surface area contributed by atoms with Crippen LogP contribution in [-0.2, 0) is 6.54 Å². The molecular weight excluding hydrogens is 278 g/mol. The van der Waals surface area contributed by atoms with Crippen molar-refractivity contribution in [3.8, 4) is 0 Å². The third kappa shape index (κ3) is 2.31. The highest BCUT2D eigenvalue weighted by molar-refractivity contribution is 5.93. The van der Waals surface area contributed by atoms with Crippen LogP contribution in [0.5, 0.6) is 0 Å². The number of fused-ring (bicyclic) bond motifs is 1. The predicted octanol–water partition coefficient (Wildman–Crippen LogP) is 2.49. The second kappa shape index (κ2) is 5.73. The van der Waals surface area contributed by atoms with Gasteiger partial charge in [0.1, 0.15) is 23.6 Å². The first-order valence-corrected chi connectivity index (χ1v) is 7.23. The molecule has 3 aromatic rings. The molecule has 0 unspecified atom stereocenters. The van der Waals surface area contributed by atoms with E-state index in [1.54, 1.807) is 6.20 Å². The van der Waals surface area contributed by atoms with Gasteiger partial charge in [-0.15, -0.1) is 0 Å². The summed E-state index contributed by atoms with van der Waals surface area (Å²) in [5.74, 6) is 1.53. The summed E-state index contributed by atoms with van der Waals surface area (Å²) >= 11 is 0. The molecule has 6 heteroatoms. The first-order chi connectivity index (χ1) is 10.6. The van der Waals surface area contributed by atoms with Crippen molar-refractivity contribution in [2.24, 2.45) is 0 Å². The van der Waals surface area contributed by atoms with E-state index in [4.69, 9.17) is 0 Å². The van der Waals surface area contributed by atoms with E-state index >= 15 is 0 Å². The molecule has 2 N–H and O–H groups in total. The lowest BCUT2D eigenvalue weighted by Crippen LogP contribution is -2.05. The van der Waals surface area contributed by atoms with Gasteiger partial charge in [0.2, 0.25) is 0 Å². The van der Waals surface area contributed by atoms with Gasteiger partial charge in [-0.05, 0) is 38.0 Å². The molecule has 0 aliphatic rings. The Morgan fingerprint density at radius 2 is 1.95 bits per heavy atom. The quantitative estimate of drug-likeness (QED) is 0.773.